The summed E-state index contributed by atoms with van der Waals surface area (Å²) in [5.41, 5.74) is 2.26. The number of methoxy groups -OCH3 is 1. The van der Waals surface area contributed by atoms with Crippen LogP contribution in [0.4, 0.5) is 0 Å². The number of Topliss-reactive ketones (excluding diaryl/α,β-unsaturated/α-hetero) is 1. The molecule has 7 heteroatoms. The van der Waals surface area contributed by atoms with Gasteiger partial charge in [0, 0.05) is 17.8 Å². The topological polar surface area (TPSA) is 60.2 Å². The first kappa shape index (κ1) is 20.3. The SMILES string of the molecule is CCCn1c(CN(CC)CC(=O)c2cc(Cl)ccc2OC)nc2cccnc21. The number of halogens is 1. The molecule has 2 aromatic heterocycles. The first-order chi connectivity index (χ1) is 13.6. The summed E-state index contributed by atoms with van der Waals surface area (Å²) < 4.78 is 7.46. The van der Waals surface area contributed by atoms with E-state index in [1.807, 2.05) is 19.1 Å². The minimum Gasteiger partial charge on any atom is -0.496 e. The number of nitrogens with zero attached hydrogens (tertiary/aromatic N) is 4. The van der Waals surface area contributed by atoms with Crippen molar-refractivity contribution >= 4 is 28.5 Å². The Bertz CT molecular complexity index is 970. The Hall–Kier alpha value is -2.44. The summed E-state index contributed by atoms with van der Waals surface area (Å²) in [6.45, 7) is 6.56. The molecule has 0 unspecified atom stereocenters. The summed E-state index contributed by atoms with van der Waals surface area (Å²) in [7, 11) is 1.55. The van der Waals surface area contributed by atoms with Crippen molar-refractivity contribution in [2.75, 3.05) is 20.2 Å². The third-order valence-electron chi connectivity index (χ3n) is 4.67. The molecule has 0 aliphatic heterocycles. The lowest BCUT2D eigenvalue weighted by molar-refractivity contribution is 0.0924. The van der Waals surface area contributed by atoms with Gasteiger partial charge in [-0.1, -0.05) is 25.4 Å². The number of imidazole rings is 1. The lowest BCUT2D eigenvalue weighted by Crippen LogP contribution is -2.31. The molecule has 0 saturated carbocycles. The fourth-order valence-corrected chi connectivity index (χ4v) is 3.42. The highest BCUT2D eigenvalue weighted by Gasteiger charge is 2.19. The Morgan fingerprint density at radius 3 is 2.82 bits per heavy atom. The molecule has 0 amide bonds. The van der Waals surface area contributed by atoms with E-state index in [-0.39, 0.29) is 12.3 Å². The molecule has 0 N–H and O–H groups in total. The zero-order valence-electron chi connectivity index (χ0n) is 16.5. The van der Waals surface area contributed by atoms with Crippen LogP contribution in [0, 0.1) is 0 Å². The van der Waals surface area contributed by atoms with Crippen LogP contribution in [0.5, 0.6) is 5.75 Å². The molecular formula is C21H25ClN4O2. The van der Waals surface area contributed by atoms with E-state index in [1.165, 1.54) is 0 Å². The molecule has 0 atom stereocenters. The third kappa shape index (κ3) is 4.34. The number of fused-ring (bicyclic) bond motifs is 1. The molecule has 0 saturated heterocycles. The van der Waals surface area contributed by atoms with Gasteiger partial charge >= 0.3 is 0 Å². The standard InChI is InChI=1S/C21H25ClN4O2/c1-4-11-26-20(24-17-7-6-10-23-21(17)26)14-25(5-2)13-18(27)16-12-15(22)8-9-19(16)28-3/h6-10,12H,4-5,11,13-14H2,1-3H3. The number of carbonyl (C=O) groups excluding carboxylic acids is 1. The number of ketones is 1. The van der Waals surface area contributed by atoms with Crippen LogP contribution in [0.3, 0.4) is 0 Å². The van der Waals surface area contributed by atoms with E-state index >= 15 is 0 Å². The third-order valence-corrected chi connectivity index (χ3v) is 4.91. The molecule has 28 heavy (non-hydrogen) atoms. The molecule has 0 aliphatic carbocycles. The molecule has 6 nitrogen and oxygen atoms in total. The highest BCUT2D eigenvalue weighted by atomic mass is 35.5. The van der Waals surface area contributed by atoms with Gasteiger partial charge in [0.15, 0.2) is 11.4 Å². The zero-order valence-corrected chi connectivity index (χ0v) is 17.2. The van der Waals surface area contributed by atoms with E-state index in [1.54, 1.807) is 31.5 Å². The number of rotatable bonds is 9. The fourth-order valence-electron chi connectivity index (χ4n) is 3.25. The van der Waals surface area contributed by atoms with Gasteiger partial charge in [-0.15, -0.1) is 0 Å². The van der Waals surface area contributed by atoms with Gasteiger partial charge in [-0.2, -0.15) is 0 Å². The van der Waals surface area contributed by atoms with Crippen LogP contribution in [0.25, 0.3) is 11.2 Å². The number of carbonyl (C=O) groups is 1. The first-order valence-electron chi connectivity index (χ1n) is 9.46. The average molecular weight is 401 g/mol. The van der Waals surface area contributed by atoms with E-state index in [2.05, 4.69) is 21.4 Å². The van der Waals surface area contributed by atoms with Gasteiger partial charge in [0.2, 0.25) is 0 Å². The minimum absolute atomic E-state index is 0.0301. The van der Waals surface area contributed by atoms with Crippen LogP contribution in [0.15, 0.2) is 36.5 Å². The highest BCUT2D eigenvalue weighted by Crippen LogP contribution is 2.24. The Labute approximate surface area is 170 Å². The second-order valence-corrected chi connectivity index (χ2v) is 7.03. The quantitative estimate of drug-likeness (QED) is 0.503. The molecule has 0 spiro atoms. The van der Waals surface area contributed by atoms with Crippen molar-refractivity contribution in [3.05, 3.63) is 52.9 Å². The number of hydrogen-bond acceptors (Lipinski definition) is 5. The van der Waals surface area contributed by atoms with Crippen LogP contribution < -0.4 is 4.74 Å². The molecule has 148 valence electrons. The van der Waals surface area contributed by atoms with Crippen molar-refractivity contribution in [1.29, 1.82) is 0 Å². The lowest BCUT2D eigenvalue weighted by Gasteiger charge is -2.20. The molecule has 0 radical (unpaired) electrons. The van der Waals surface area contributed by atoms with Crippen molar-refractivity contribution in [1.82, 2.24) is 19.4 Å². The van der Waals surface area contributed by atoms with Crippen molar-refractivity contribution in [2.24, 2.45) is 0 Å². The van der Waals surface area contributed by atoms with Crippen LogP contribution in [0.2, 0.25) is 5.02 Å². The highest BCUT2D eigenvalue weighted by molar-refractivity contribution is 6.31. The van der Waals surface area contributed by atoms with Gasteiger partial charge < -0.3 is 9.30 Å². The summed E-state index contributed by atoms with van der Waals surface area (Å²) in [5, 5.41) is 0.517. The molecule has 0 aliphatic rings. The maximum Gasteiger partial charge on any atom is 0.180 e. The Morgan fingerprint density at radius 1 is 1.29 bits per heavy atom. The number of hydrogen-bond donors (Lipinski definition) is 0. The van der Waals surface area contributed by atoms with Gasteiger partial charge in [-0.25, -0.2) is 9.97 Å². The predicted molar refractivity (Wildman–Crippen MR) is 111 cm³/mol. The van der Waals surface area contributed by atoms with E-state index < -0.39 is 0 Å². The molecular weight excluding hydrogens is 376 g/mol. The van der Waals surface area contributed by atoms with E-state index in [0.29, 0.717) is 22.9 Å². The Balaban J connectivity index is 1.83. The number of likely N-dealkylation sites (N-methyl/N-ethyl adjacent to an activating group) is 1. The van der Waals surface area contributed by atoms with Crippen LogP contribution in [0.1, 0.15) is 36.5 Å². The molecule has 3 aromatic rings. The van der Waals surface area contributed by atoms with Crippen LogP contribution in [-0.2, 0) is 13.1 Å². The smallest absolute Gasteiger partial charge is 0.180 e. The average Bonchev–Trinajstić information content (AvgIpc) is 3.05. The number of pyridine rings is 1. The van der Waals surface area contributed by atoms with Crippen molar-refractivity contribution in [3.8, 4) is 5.75 Å². The van der Waals surface area contributed by atoms with Crippen molar-refractivity contribution in [2.45, 2.75) is 33.4 Å². The molecule has 3 rings (SSSR count). The largest absolute Gasteiger partial charge is 0.496 e. The van der Waals surface area contributed by atoms with Crippen LogP contribution >= 0.6 is 11.6 Å². The molecule has 1 aromatic carbocycles. The fraction of sp³-hybridized carbons (Fsp3) is 0.381. The molecule has 0 bridgehead atoms. The Kier molecular flexibility index (Phi) is 6.65. The predicted octanol–water partition coefficient (Wildman–Crippen LogP) is 4.21. The summed E-state index contributed by atoms with van der Waals surface area (Å²) in [6.07, 6.45) is 2.77. The minimum atomic E-state index is -0.0301. The lowest BCUT2D eigenvalue weighted by atomic mass is 10.1. The number of aryl methyl sites for hydroxylation is 1. The van der Waals surface area contributed by atoms with E-state index in [4.69, 9.17) is 21.3 Å². The number of aromatic nitrogens is 3. The summed E-state index contributed by atoms with van der Waals surface area (Å²) >= 11 is 6.08. The van der Waals surface area contributed by atoms with Gasteiger partial charge in [-0.05, 0) is 43.3 Å². The molecule has 2 heterocycles. The second kappa shape index (κ2) is 9.17. The van der Waals surface area contributed by atoms with Crippen molar-refractivity contribution in [3.63, 3.8) is 0 Å². The normalized spacial score (nSPS) is 11.3. The van der Waals surface area contributed by atoms with Gasteiger partial charge in [0.1, 0.15) is 17.1 Å². The summed E-state index contributed by atoms with van der Waals surface area (Å²) in [4.78, 5) is 24.2. The number of ether oxygens (including phenoxy) is 1. The van der Waals surface area contributed by atoms with E-state index in [9.17, 15) is 4.79 Å². The molecule has 0 fully saturated rings. The maximum atomic E-state index is 12.9. The first-order valence-corrected chi connectivity index (χ1v) is 9.84. The maximum absolute atomic E-state index is 12.9. The summed E-state index contributed by atoms with van der Waals surface area (Å²) in [5.74, 6) is 1.42. The second-order valence-electron chi connectivity index (χ2n) is 6.60. The van der Waals surface area contributed by atoms with E-state index in [0.717, 1.165) is 36.5 Å². The van der Waals surface area contributed by atoms with Gasteiger partial charge in [-0.3, -0.25) is 9.69 Å². The summed E-state index contributed by atoms with van der Waals surface area (Å²) in [6, 6.07) is 8.96. The van der Waals surface area contributed by atoms with Crippen LogP contribution in [-0.4, -0.2) is 45.4 Å². The monoisotopic (exact) mass is 400 g/mol. The van der Waals surface area contributed by atoms with Crippen molar-refractivity contribution < 1.29 is 9.53 Å². The Morgan fingerprint density at radius 2 is 2.11 bits per heavy atom. The number of benzene rings is 1. The zero-order chi connectivity index (χ0) is 20.1. The van der Waals surface area contributed by atoms with Gasteiger partial charge in [0.05, 0.1) is 25.8 Å². The van der Waals surface area contributed by atoms with Gasteiger partial charge in [0.25, 0.3) is 0 Å².